The second kappa shape index (κ2) is 6.34. The lowest BCUT2D eigenvalue weighted by molar-refractivity contribution is 0.0523. The molecule has 0 bridgehead atoms. The first-order valence-electron chi connectivity index (χ1n) is 7.70. The van der Waals surface area contributed by atoms with E-state index in [1.807, 2.05) is 0 Å². The molecule has 0 aliphatic carbocycles. The maximum Gasteiger partial charge on any atom is 0.435 e. The van der Waals surface area contributed by atoms with Gasteiger partial charge in [-0.1, -0.05) is 0 Å². The van der Waals surface area contributed by atoms with E-state index in [-0.39, 0.29) is 0 Å². The van der Waals surface area contributed by atoms with E-state index >= 15 is 0 Å². The summed E-state index contributed by atoms with van der Waals surface area (Å²) < 4.78 is 6.59. The fraction of sp³-hybridized carbons (Fsp3) is 0.312. The van der Waals surface area contributed by atoms with Crippen molar-refractivity contribution in [1.29, 1.82) is 0 Å². The first-order chi connectivity index (χ1) is 11.9. The smallest absolute Gasteiger partial charge is 0.435 e. The molecular formula is C16H19N7O2. The molecule has 3 rings (SSSR count). The standard InChI is InChI=1S/C16H19N7O2/c1-16(2,3)25-15(24)23-11-5-13(18-7-10(11)8-21-23)22-14-6-12(17-4)19-9-20-14/h5-9H,1-4H3,(H2,17,18,19,20,22). The normalized spacial score (nSPS) is 11.4. The summed E-state index contributed by atoms with van der Waals surface area (Å²) in [6, 6.07) is 3.46. The molecule has 0 amide bonds. The van der Waals surface area contributed by atoms with Gasteiger partial charge in [-0.3, -0.25) is 0 Å². The summed E-state index contributed by atoms with van der Waals surface area (Å²) in [6.07, 6.45) is 4.10. The number of rotatable bonds is 3. The van der Waals surface area contributed by atoms with Crippen molar-refractivity contribution in [3.05, 3.63) is 30.9 Å². The van der Waals surface area contributed by atoms with Gasteiger partial charge in [0.15, 0.2) is 0 Å². The molecule has 3 heterocycles. The van der Waals surface area contributed by atoms with Crippen molar-refractivity contribution >= 4 is 34.4 Å². The molecule has 0 aliphatic rings. The molecule has 25 heavy (non-hydrogen) atoms. The number of pyridine rings is 1. The minimum absolute atomic E-state index is 0.526. The van der Waals surface area contributed by atoms with Gasteiger partial charge in [-0.15, -0.1) is 0 Å². The number of hydrogen-bond acceptors (Lipinski definition) is 8. The second-order valence-electron chi connectivity index (χ2n) is 6.33. The van der Waals surface area contributed by atoms with Gasteiger partial charge < -0.3 is 15.4 Å². The number of nitrogens with one attached hydrogen (secondary N) is 2. The monoisotopic (exact) mass is 341 g/mol. The Balaban J connectivity index is 1.91. The number of anilines is 3. The molecular weight excluding hydrogens is 322 g/mol. The molecule has 0 radical (unpaired) electrons. The summed E-state index contributed by atoms with van der Waals surface area (Å²) >= 11 is 0. The van der Waals surface area contributed by atoms with Crippen molar-refractivity contribution in [3.8, 4) is 0 Å². The number of nitrogens with zero attached hydrogens (tertiary/aromatic N) is 5. The molecule has 2 N–H and O–H groups in total. The maximum absolute atomic E-state index is 12.3. The summed E-state index contributed by atoms with van der Waals surface area (Å²) in [5.74, 6) is 1.78. The maximum atomic E-state index is 12.3. The minimum atomic E-state index is -0.603. The zero-order valence-electron chi connectivity index (χ0n) is 14.4. The predicted molar refractivity (Wildman–Crippen MR) is 94.0 cm³/mol. The molecule has 0 unspecified atom stereocenters. The number of carbonyl (C=O) groups is 1. The fourth-order valence-corrected chi connectivity index (χ4v) is 2.13. The Hall–Kier alpha value is -3.23. The number of carbonyl (C=O) groups excluding carboxylic acids is 1. The van der Waals surface area contributed by atoms with Gasteiger partial charge in [-0.25, -0.2) is 19.7 Å². The summed E-state index contributed by atoms with van der Waals surface area (Å²) in [4.78, 5) is 24.8. The van der Waals surface area contributed by atoms with Gasteiger partial charge >= 0.3 is 6.09 Å². The highest BCUT2D eigenvalue weighted by Crippen LogP contribution is 2.20. The minimum Gasteiger partial charge on any atom is -0.442 e. The molecule has 0 atom stereocenters. The molecule has 0 fully saturated rings. The quantitative estimate of drug-likeness (QED) is 0.749. The van der Waals surface area contributed by atoms with E-state index in [1.165, 1.54) is 11.0 Å². The lowest BCUT2D eigenvalue weighted by Gasteiger charge is -2.19. The molecule has 3 aromatic heterocycles. The van der Waals surface area contributed by atoms with Gasteiger partial charge in [0.2, 0.25) is 0 Å². The van der Waals surface area contributed by atoms with E-state index < -0.39 is 11.7 Å². The van der Waals surface area contributed by atoms with Crippen LogP contribution in [0.25, 0.3) is 10.9 Å². The number of fused-ring (bicyclic) bond motifs is 1. The summed E-state index contributed by atoms with van der Waals surface area (Å²) in [6.45, 7) is 5.42. The van der Waals surface area contributed by atoms with Crippen molar-refractivity contribution in [2.75, 3.05) is 17.7 Å². The Bertz CT molecular complexity index is 914. The van der Waals surface area contributed by atoms with Crippen LogP contribution in [-0.4, -0.2) is 43.5 Å². The Morgan fingerprint density at radius 2 is 1.80 bits per heavy atom. The summed E-state index contributed by atoms with van der Waals surface area (Å²) in [7, 11) is 1.77. The highest BCUT2D eigenvalue weighted by Gasteiger charge is 2.20. The number of aromatic nitrogens is 5. The molecule has 0 aliphatic heterocycles. The van der Waals surface area contributed by atoms with E-state index in [1.54, 1.807) is 52.3 Å². The average molecular weight is 341 g/mol. The van der Waals surface area contributed by atoms with Crippen LogP contribution in [0.15, 0.2) is 30.9 Å². The zero-order valence-corrected chi connectivity index (χ0v) is 14.4. The van der Waals surface area contributed by atoms with Crippen LogP contribution in [0, 0.1) is 0 Å². The van der Waals surface area contributed by atoms with Gasteiger partial charge in [0.1, 0.15) is 29.4 Å². The topological polar surface area (TPSA) is 107 Å². The Labute approximate surface area is 144 Å². The first-order valence-corrected chi connectivity index (χ1v) is 7.70. The molecule has 0 saturated heterocycles. The van der Waals surface area contributed by atoms with Crippen molar-refractivity contribution in [2.45, 2.75) is 26.4 Å². The van der Waals surface area contributed by atoms with Gasteiger partial charge in [-0.05, 0) is 20.8 Å². The van der Waals surface area contributed by atoms with E-state index in [2.05, 4.69) is 30.7 Å². The average Bonchev–Trinajstić information content (AvgIpc) is 2.97. The third-order valence-electron chi connectivity index (χ3n) is 3.20. The Morgan fingerprint density at radius 3 is 2.52 bits per heavy atom. The van der Waals surface area contributed by atoms with Crippen LogP contribution in [0.5, 0.6) is 0 Å². The summed E-state index contributed by atoms with van der Waals surface area (Å²) in [5.41, 5.74) is -0.0109. The third kappa shape index (κ3) is 3.82. The number of ether oxygens (including phenoxy) is 1. The predicted octanol–water partition coefficient (Wildman–Crippen LogP) is 2.79. The van der Waals surface area contributed by atoms with E-state index in [4.69, 9.17) is 4.74 Å². The van der Waals surface area contributed by atoms with Gasteiger partial charge in [0.05, 0.1) is 11.7 Å². The van der Waals surface area contributed by atoms with Crippen LogP contribution in [0.1, 0.15) is 20.8 Å². The van der Waals surface area contributed by atoms with Crippen LogP contribution in [0.4, 0.5) is 22.2 Å². The molecule has 3 aromatic rings. The Kier molecular flexibility index (Phi) is 4.22. The van der Waals surface area contributed by atoms with Gasteiger partial charge in [0.25, 0.3) is 0 Å². The molecule has 0 spiro atoms. The fourth-order valence-electron chi connectivity index (χ4n) is 2.13. The van der Waals surface area contributed by atoms with Crippen LogP contribution < -0.4 is 10.6 Å². The van der Waals surface area contributed by atoms with Gasteiger partial charge in [0, 0.05) is 30.8 Å². The largest absolute Gasteiger partial charge is 0.442 e. The highest BCUT2D eigenvalue weighted by atomic mass is 16.6. The van der Waals surface area contributed by atoms with Crippen molar-refractivity contribution < 1.29 is 9.53 Å². The van der Waals surface area contributed by atoms with Crippen LogP contribution >= 0.6 is 0 Å². The van der Waals surface area contributed by atoms with Crippen LogP contribution in [-0.2, 0) is 4.74 Å². The SMILES string of the molecule is CNc1cc(Nc2cc3c(cn2)cnn3C(=O)OC(C)(C)C)ncn1. The van der Waals surface area contributed by atoms with Crippen molar-refractivity contribution in [1.82, 2.24) is 24.7 Å². The van der Waals surface area contributed by atoms with Crippen molar-refractivity contribution in [3.63, 3.8) is 0 Å². The molecule has 9 heteroatoms. The lowest BCUT2D eigenvalue weighted by Crippen LogP contribution is -2.27. The molecule has 9 nitrogen and oxygen atoms in total. The molecule has 0 saturated carbocycles. The van der Waals surface area contributed by atoms with E-state index in [0.29, 0.717) is 23.0 Å². The Morgan fingerprint density at radius 1 is 1.08 bits per heavy atom. The van der Waals surface area contributed by atoms with Crippen LogP contribution in [0.3, 0.4) is 0 Å². The second-order valence-corrected chi connectivity index (χ2v) is 6.33. The first kappa shape index (κ1) is 16.6. The lowest BCUT2D eigenvalue weighted by atomic mass is 10.2. The third-order valence-corrected chi connectivity index (χ3v) is 3.20. The number of hydrogen-bond donors (Lipinski definition) is 2. The van der Waals surface area contributed by atoms with Gasteiger partial charge in [-0.2, -0.15) is 9.78 Å². The zero-order chi connectivity index (χ0) is 18.0. The molecule has 130 valence electrons. The van der Waals surface area contributed by atoms with E-state index in [9.17, 15) is 4.79 Å². The van der Waals surface area contributed by atoms with Crippen molar-refractivity contribution in [2.24, 2.45) is 0 Å². The van der Waals surface area contributed by atoms with E-state index in [0.717, 1.165) is 5.39 Å². The highest BCUT2D eigenvalue weighted by molar-refractivity contribution is 5.88. The summed E-state index contributed by atoms with van der Waals surface area (Å²) in [5, 5.41) is 10.8. The molecule has 0 aromatic carbocycles. The van der Waals surface area contributed by atoms with Crippen LogP contribution in [0.2, 0.25) is 0 Å².